The van der Waals surface area contributed by atoms with Crippen molar-refractivity contribution in [3.8, 4) is 0 Å². The summed E-state index contributed by atoms with van der Waals surface area (Å²) in [6, 6.07) is 1.78. The molecule has 2 rings (SSSR count). The monoisotopic (exact) mass is 257 g/mol. The minimum Gasteiger partial charge on any atom is -0.356 e. The lowest BCUT2D eigenvalue weighted by Crippen LogP contribution is -2.21. The maximum absolute atomic E-state index is 6.00. The van der Waals surface area contributed by atoms with Gasteiger partial charge in [-0.3, -0.25) is 0 Å². The van der Waals surface area contributed by atoms with Crippen LogP contribution in [0.1, 0.15) is 25.0 Å². The lowest BCUT2D eigenvalue weighted by molar-refractivity contribution is -0.111. The van der Waals surface area contributed by atoms with Crippen molar-refractivity contribution in [2.24, 2.45) is 0 Å². The van der Waals surface area contributed by atoms with Crippen LogP contribution in [0.3, 0.4) is 0 Å². The number of hydrogen-bond donors (Lipinski definition) is 0. The number of nitrogens with zero attached hydrogens (tertiary/aromatic N) is 3. The molecule has 0 N–H and O–H groups in total. The Labute approximate surface area is 106 Å². The molecule has 1 saturated heterocycles. The van der Waals surface area contributed by atoms with Crippen LogP contribution in [0.25, 0.3) is 0 Å². The van der Waals surface area contributed by atoms with Crippen LogP contribution in [0.4, 0.5) is 5.82 Å². The van der Waals surface area contributed by atoms with Gasteiger partial charge in [0.1, 0.15) is 11.0 Å². The SMILES string of the molecule is COC(OC)c1nc(Cl)cc(N2CCCC2)n1. The van der Waals surface area contributed by atoms with Gasteiger partial charge in [-0.1, -0.05) is 11.6 Å². The van der Waals surface area contributed by atoms with Gasteiger partial charge in [-0.25, -0.2) is 9.97 Å². The predicted octanol–water partition coefficient (Wildman–Crippen LogP) is 2.02. The number of anilines is 1. The molecule has 0 amide bonds. The van der Waals surface area contributed by atoms with Crippen LogP contribution in [0.15, 0.2) is 6.07 Å². The maximum Gasteiger partial charge on any atom is 0.218 e. The van der Waals surface area contributed by atoms with Gasteiger partial charge in [0, 0.05) is 33.4 Å². The summed E-state index contributed by atoms with van der Waals surface area (Å²) >= 11 is 6.00. The Balaban J connectivity index is 2.27. The van der Waals surface area contributed by atoms with E-state index in [1.165, 1.54) is 12.8 Å². The Kier molecular flexibility index (Phi) is 4.15. The molecule has 1 aromatic heterocycles. The quantitative estimate of drug-likeness (QED) is 0.610. The maximum atomic E-state index is 6.00. The summed E-state index contributed by atoms with van der Waals surface area (Å²) in [6.45, 7) is 2.02. The highest BCUT2D eigenvalue weighted by Gasteiger charge is 2.19. The van der Waals surface area contributed by atoms with Gasteiger partial charge in [0.05, 0.1) is 0 Å². The zero-order valence-corrected chi connectivity index (χ0v) is 10.8. The Bertz CT molecular complexity index is 359. The number of rotatable bonds is 4. The minimum absolute atomic E-state index is 0.413. The first-order chi connectivity index (χ1) is 8.24. The highest BCUT2D eigenvalue weighted by atomic mass is 35.5. The number of methoxy groups -OCH3 is 2. The first-order valence-electron chi connectivity index (χ1n) is 5.59. The van der Waals surface area contributed by atoms with Crippen molar-refractivity contribution in [3.63, 3.8) is 0 Å². The summed E-state index contributed by atoms with van der Waals surface area (Å²) in [7, 11) is 3.10. The van der Waals surface area contributed by atoms with Crippen molar-refractivity contribution >= 4 is 17.4 Å². The first kappa shape index (κ1) is 12.5. The van der Waals surface area contributed by atoms with E-state index in [9.17, 15) is 0 Å². The zero-order valence-electron chi connectivity index (χ0n) is 10.0. The molecule has 2 heterocycles. The van der Waals surface area contributed by atoms with E-state index in [2.05, 4.69) is 14.9 Å². The van der Waals surface area contributed by atoms with Crippen molar-refractivity contribution in [3.05, 3.63) is 17.0 Å². The zero-order chi connectivity index (χ0) is 12.3. The number of halogens is 1. The fraction of sp³-hybridized carbons (Fsp3) is 0.636. The van der Waals surface area contributed by atoms with Gasteiger partial charge in [-0.15, -0.1) is 0 Å². The lowest BCUT2D eigenvalue weighted by atomic mass is 10.4. The third-order valence-electron chi connectivity index (χ3n) is 2.77. The second-order valence-electron chi connectivity index (χ2n) is 3.90. The Morgan fingerprint density at radius 1 is 1.24 bits per heavy atom. The molecular formula is C11H16ClN3O2. The molecule has 5 nitrogen and oxygen atoms in total. The summed E-state index contributed by atoms with van der Waals surface area (Å²) in [6.07, 6.45) is 1.80. The Morgan fingerprint density at radius 2 is 1.88 bits per heavy atom. The minimum atomic E-state index is -0.574. The predicted molar refractivity (Wildman–Crippen MR) is 65.2 cm³/mol. The van der Waals surface area contributed by atoms with Crippen molar-refractivity contribution in [2.75, 3.05) is 32.2 Å². The molecule has 1 aliphatic heterocycles. The van der Waals surface area contributed by atoms with Gasteiger partial charge >= 0.3 is 0 Å². The molecule has 6 heteroatoms. The van der Waals surface area contributed by atoms with Crippen LogP contribution >= 0.6 is 11.6 Å². The van der Waals surface area contributed by atoms with E-state index in [4.69, 9.17) is 21.1 Å². The van der Waals surface area contributed by atoms with Crippen LogP contribution in [0, 0.1) is 0 Å². The smallest absolute Gasteiger partial charge is 0.218 e. The summed E-state index contributed by atoms with van der Waals surface area (Å²) in [5, 5.41) is 0.413. The third kappa shape index (κ3) is 2.86. The average Bonchev–Trinajstić information content (AvgIpc) is 2.83. The third-order valence-corrected chi connectivity index (χ3v) is 2.96. The summed E-state index contributed by atoms with van der Waals surface area (Å²) in [4.78, 5) is 10.8. The molecule has 0 aliphatic carbocycles. The van der Waals surface area contributed by atoms with E-state index in [0.29, 0.717) is 11.0 Å². The Hall–Kier alpha value is -0.910. The van der Waals surface area contributed by atoms with E-state index in [1.807, 2.05) is 0 Å². The van der Waals surface area contributed by atoms with E-state index < -0.39 is 6.29 Å². The van der Waals surface area contributed by atoms with Gasteiger partial charge in [0.25, 0.3) is 0 Å². The van der Waals surface area contributed by atoms with E-state index in [-0.39, 0.29) is 0 Å². The standard InChI is InChI=1S/C11H16ClN3O2/c1-16-11(17-2)10-13-8(12)7-9(14-10)15-5-3-4-6-15/h7,11H,3-6H2,1-2H3. The molecule has 0 unspecified atom stereocenters. The van der Waals surface area contributed by atoms with Crippen molar-refractivity contribution in [1.29, 1.82) is 0 Å². The van der Waals surface area contributed by atoms with E-state index in [0.717, 1.165) is 18.9 Å². The molecule has 0 saturated carbocycles. The van der Waals surface area contributed by atoms with Gasteiger partial charge in [-0.2, -0.15) is 0 Å². The number of hydrogen-bond acceptors (Lipinski definition) is 5. The molecule has 0 spiro atoms. The molecular weight excluding hydrogens is 242 g/mol. The van der Waals surface area contributed by atoms with Crippen LogP contribution in [0.2, 0.25) is 5.15 Å². The van der Waals surface area contributed by atoms with Gasteiger partial charge in [0.15, 0.2) is 5.82 Å². The van der Waals surface area contributed by atoms with Gasteiger partial charge < -0.3 is 14.4 Å². The molecule has 0 aromatic carbocycles. The summed E-state index contributed by atoms with van der Waals surface area (Å²) in [5.74, 6) is 1.31. The molecule has 1 fully saturated rings. The summed E-state index contributed by atoms with van der Waals surface area (Å²) in [5.41, 5.74) is 0. The molecule has 17 heavy (non-hydrogen) atoms. The van der Waals surface area contributed by atoms with E-state index in [1.54, 1.807) is 20.3 Å². The highest BCUT2D eigenvalue weighted by Crippen LogP contribution is 2.23. The molecule has 94 valence electrons. The molecule has 1 aliphatic rings. The average molecular weight is 258 g/mol. The van der Waals surface area contributed by atoms with Crippen molar-refractivity contribution in [1.82, 2.24) is 9.97 Å². The van der Waals surface area contributed by atoms with Crippen LogP contribution < -0.4 is 4.90 Å². The number of aromatic nitrogens is 2. The summed E-state index contributed by atoms with van der Waals surface area (Å²) < 4.78 is 10.3. The largest absolute Gasteiger partial charge is 0.356 e. The van der Waals surface area contributed by atoms with Gasteiger partial charge in [0.2, 0.25) is 6.29 Å². The van der Waals surface area contributed by atoms with Crippen LogP contribution in [0.5, 0.6) is 0 Å². The number of ether oxygens (including phenoxy) is 2. The molecule has 0 bridgehead atoms. The van der Waals surface area contributed by atoms with E-state index >= 15 is 0 Å². The second-order valence-corrected chi connectivity index (χ2v) is 4.29. The van der Waals surface area contributed by atoms with Crippen molar-refractivity contribution in [2.45, 2.75) is 19.1 Å². The fourth-order valence-electron chi connectivity index (χ4n) is 1.94. The molecule has 0 atom stereocenters. The second kappa shape index (κ2) is 5.62. The van der Waals surface area contributed by atoms with Crippen LogP contribution in [-0.4, -0.2) is 37.3 Å². The van der Waals surface area contributed by atoms with Crippen molar-refractivity contribution < 1.29 is 9.47 Å². The molecule has 1 aromatic rings. The lowest BCUT2D eigenvalue weighted by Gasteiger charge is -2.19. The van der Waals surface area contributed by atoms with Gasteiger partial charge in [-0.05, 0) is 12.8 Å². The molecule has 0 radical (unpaired) electrons. The van der Waals surface area contributed by atoms with Crippen LogP contribution in [-0.2, 0) is 9.47 Å². The highest BCUT2D eigenvalue weighted by molar-refractivity contribution is 6.29. The topological polar surface area (TPSA) is 47.5 Å². The Morgan fingerprint density at radius 3 is 2.47 bits per heavy atom. The fourth-order valence-corrected chi connectivity index (χ4v) is 2.13. The normalized spacial score (nSPS) is 15.9. The first-order valence-corrected chi connectivity index (χ1v) is 5.97.